The highest BCUT2D eigenvalue weighted by Gasteiger charge is 2.10. The molecule has 3 N–H and O–H groups in total. The molecule has 0 saturated carbocycles. The van der Waals surface area contributed by atoms with E-state index in [1.807, 2.05) is 20.8 Å². The molecule has 0 spiro atoms. The summed E-state index contributed by atoms with van der Waals surface area (Å²) in [7, 11) is 0. The molecule has 1 aromatic rings. The highest BCUT2D eigenvalue weighted by molar-refractivity contribution is 5.78. The molecule has 0 atom stereocenters. The first kappa shape index (κ1) is 15.1. The Labute approximate surface area is 110 Å². The van der Waals surface area contributed by atoms with E-state index in [0.29, 0.717) is 11.5 Å². The average molecular weight is 272 g/mol. The lowest BCUT2D eigenvalue weighted by Gasteiger charge is -2.20. The zero-order chi connectivity index (χ0) is 14.5. The van der Waals surface area contributed by atoms with Crippen LogP contribution in [0, 0.1) is 0 Å². The fourth-order valence-electron chi connectivity index (χ4n) is 1.30. The zero-order valence-electron chi connectivity index (χ0n) is 11.2. The number of pyridine rings is 1. The zero-order valence-corrected chi connectivity index (χ0v) is 11.2. The van der Waals surface area contributed by atoms with Crippen molar-refractivity contribution < 1.29 is 13.5 Å². The summed E-state index contributed by atoms with van der Waals surface area (Å²) in [5.41, 5.74) is 6.20. The number of halogens is 2. The van der Waals surface area contributed by atoms with Crippen molar-refractivity contribution >= 4 is 5.96 Å². The number of nitrogens with two attached hydrogens (primary N) is 1. The molecular weight excluding hydrogens is 254 g/mol. The molecule has 1 heterocycles. The molecule has 19 heavy (non-hydrogen) atoms. The van der Waals surface area contributed by atoms with Gasteiger partial charge in [-0.05, 0) is 32.4 Å². The van der Waals surface area contributed by atoms with Crippen LogP contribution in [-0.2, 0) is 6.54 Å². The van der Waals surface area contributed by atoms with E-state index in [2.05, 4.69) is 20.0 Å². The lowest BCUT2D eigenvalue weighted by molar-refractivity contribution is -0.0528. The molecule has 0 saturated heterocycles. The number of nitrogens with zero attached hydrogens (tertiary/aromatic N) is 2. The summed E-state index contributed by atoms with van der Waals surface area (Å²) < 4.78 is 28.3. The summed E-state index contributed by atoms with van der Waals surface area (Å²) in [5, 5.41) is 3.00. The first-order valence-corrected chi connectivity index (χ1v) is 5.74. The Hall–Kier alpha value is -1.92. The number of nitrogens with one attached hydrogen (secondary N) is 1. The van der Waals surface area contributed by atoms with Gasteiger partial charge in [-0.25, -0.2) is 9.98 Å². The standard InChI is InChI=1S/C12H18F2N4O/c1-12(2,3)18-11(15)17-7-8-4-5-16-9(6-8)19-10(13)14/h4-6,10H,7H2,1-3H3,(H3,15,17,18). The Morgan fingerprint density at radius 2 is 2.21 bits per heavy atom. The van der Waals surface area contributed by atoms with Gasteiger partial charge in [-0.1, -0.05) is 0 Å². The molecule has 0 aliphatic carbocycles. The van der Waals surface area contributed by atoms with Crippen molar-refractivity contribution in [3.05, 3.63) is 23.9 Å². The van der Waals surface area contributed by atoms with Crippen LogP contribution in [0.3, 0.4) is 0 Å². The Balaban J connectivity index is 2.64. The molecule has 0 aromatic carbocycles. The number of rotatable bonds is 4. The van der Waals surface area contributed by atoms with Crippen LogP contribution in [0.4, 0.5) is 8.78 Å². The van der Waals surface area contributed by atoms with E-state index in [1.54, 1.807) is 6.07 Å². The van der Waals surface area contributed by atoms with E-state index in [1.165, 1.54) is 12.3 Å². The predicted octanol–water partition coefficient (Wildman–Crippen LogP) is 1.89. The highest BCUT2D eigenvalue weighted by Crippen LogP contribution is 2.12. The van der Waals surface area contributed by atoms with Gasteiger partial charge in [-0.15, -0.1) is 0 Å². The van der Waals surface area contributed by atoms with E-state index in [0.717, 1.165) is 0 Å². The van der Waals surface area contributed by atoms with Gasteiger partial charge < -0.3 is 15.8 Å². The Morgan fingerprint density at radius 1 is 1.53 bits per heavy atom. The van der Waals surface area contributed by atoms with Crippen molar-refractivity contribution in [2.45, 2.75) is 39.5 Å². The minimum absolute atomic E-state index is 0.134. The van der Waals surface area contributed by atoms with E-state index >= 15 is 0 Å². The van der Waals surface area contributed by atoms with Crippen LogP contribution in [-0.4, -0.2) is 23.1 Å². The largest absolute Gasteiger partial charge is 0.417 e. The predicted molar refractivity (Wildman–Crippen MR) is 69.1 cm³/mol. The Morgan fingerprint density at radius 3 is 2.79 bits per heavy atom. The van der Waals surface area contributed by atoms with Gasteiger partial charge in [0.15, 0.2) is 5.96 Å². The first-order chi connectivity index (χ1) is 8.76. The molecule has 0 fully saturated rings. The van der Waals surface area contributed by atoms with Crippen molar-refractivity contribution in [2.75, 3.05) is 0 Å². The van der Waals surface area contributed by atoms with Crippen LogP contribution >= 0.6 is 0 Å². The molecule has 0 aliphatic rings. The third-order valence-electron chi connectivity index (χ3n) is 1.94. The van der Waals surface area contributed by atoms with Crippen molar-refractivity contribution in [1.82, 2.24) is 10.3 Å². The second-order valence-corrected chi connectivity index (χ2v) is 4.96. The molecule has 106 valence electrons. The van der Waals surface area contributed by atoms with Crippen LogP contribution in [0.2, 0.25) is 0 Å². The maximum absolute atomic E-state index is 12.0. The van der Waals surface area contributed by atoms with Crippen LogP contribution in [0.1, 0.15) is 26.3 Å². The minimum atomic E-state index is -2.89. The molecule has 0 radical (unpaired) electrons. The fraction of sp³-hybridized carbons (Fsp3) is 0.500. The molecular formula is C12H18F2N4O. The Bertz CT molecular complexity index is 444. The average Bonchev–Trinajstić information content (AvgIpc) is 2.23. The lowest BCUT2D eigenvalue weighted by Crippen LogP contribution is -2.44. The van der Waals surface area contributed by atoms with Gasteiger partial charge in [0.1, 0.15) is 0 Å². The first-order valence-electron chi connectivity index (χ1n) is 5.74. The summed E-state index contributed by atoms with van der Waals surface area (Å²) in [4.78, 5) is 7.78. The summed E-state index contributed by atoms with van der Waals surface area (Å²) in [6, 6.07) is 3.06. The van der Waals surface area contributed by atoms with Gasteiger partial charge in [-0.3, -0.25) is 0 Å². The van der Waals surface area contributed by atoms with E-state index in [-0.39, 0.29) is 18.0 Å². The van der Waals surface area contributed by atoms with E-state index in [4.69, 9.17) is 5.73 Å². The normalized spacial score (nSPS) is 12.6. The van der Waals surface area contributed by atoms with Gasteiger partial charge >= 0.3 is 6.61 Å². The lowest BCUT2D eigenvalue weighted by atomic mass is 10.1. The monoisotopic (exact) mass is 272 g/mol. The number of hydrogen-bond acceptors (Lipinski definition) is 3. The van der Waals surface area contributed by atoms with Crippen molar-refractivity contribution in [1.29, 1.82) is 0 Å². The maximum Gasteiger partial charge on any atom is 0.388 e. The van der Waals surface area contributed by atoms with E-state index < -0.39 is 6.61 Å². The topological polar surface area (TPSA) is 72.5 Å². The SMILES string of the molecule is CC(C)(C)NC(N)=NCc1ccnc(OC(F)F)c1. The number of ether oxygens (including phenoxy) is 1. The number of hydrogen-bond donors (Lipinski definition) is 2. The molecule has 0 amide bonds. The highest BCUT2D eigenvalue weighted by atomic mass is 19.3. The summed E-state index contributed by atoms with van der Waals surface area (Å²) in [6.07, 6.45) is 1.38. The Kier molecular flexibility index (Phi) is 5.02. The van der Waals surface area contributed by atoms with Crippen molar-refractivity contribution in [3.8, 4) is 5.88 Å². The van der Waals surface area contributed by atoms with Gasteiger partial charge in [0.2, 0.25) is 5.88 Å². The maximum atomic E-state index is 12.0. The third-order valence-corrected chi connectivity index (χ3v) is 1.94. The number of alkyl halides is 2. The van der Waals surface area contributed by atoms with Gasteiger partial charge in [0.05, 0.1) is 6.54 Å². The minimum Gasteiger partial charge on any atom is -0.417 e. The molecule has 5 nitrogen and oxygen atoms in total. The van der Waals surface area contributed by atoms with Crippen LogP contribution < -0.4 is 15.8 Å². The molecule has 0 unspecified atom stereocenters. The summed E-state index contributed by atoms with van der Waals surface area (Å²) in [6.45, 7) is 3.24. The second-order valence-electron chi connectivity index (χ2n) is 4.96. The van der Waals surface area contributed by atoms with E-state index in [9.17, 15) is 8.78 Å². The van der Waals surface area contributed by atoms with Crippen LogP contribution in [0.5, 0.6) is 5.88 Å². The molecule has 0 bridgehead atoms. The third kappa shape index (κ3) is 6.54. The quantitative estimate of drug-likeness (QED) is 0.648. The molecule has 0 aliphatic heterocycles. The molecule has 1 rings (SSSR count). The molecule has 1 aromatic heterocycles. The smallest absolute Gasteiger partial charge is 0.388 e. The summed E-state index contributed by atoms with van der Waals surface area (Å²) >= 11 is 0. The summed E-state index contributed by atoms with van der Waals surface area (Å²) in [5.74, 6) is 0.158. The van der Waals surface area contributed by atoms with Gasteiger partial charge in [0, 0.05) is 17.8 Å². The van der Waals surface area contributed by atoms with Gasteiger partial charge in [-0.2, -0.15) is 8.78 Å². The number of aromatic nitrogens is 1. The number of guanidine groups is 1. The van der Waals surface area contributed by atoms with Gasteiger partial charge in [0.25, 0.3) is 0 Å². The van der Waals surface area contributed by atoms with Crippen molar-refractivity contribution in [2.24, 2.45) is 10.7 Å². The fourth-order valence-corrected chi connectivity index (χ4v) is 1.30. The van der Waals surface area contributed by atoms with Crippen molar-refractivity contribution in [3.63, 3.8) is 0 Å². The second kappa shape index (κ2) is 6.31. The van der Waals surface area contributed by atoms with Crippen LogP contribution in [0.25, 0.3) is 0 Å². The number of aliphatic imine (C=N–C) groups is 1. The van der Waals surface area contributed by atoms with Crippen LogP contribution in [0.15, 0.2) is 23.3 Å². The molecule has 7 heteroatoms.